The number of carbonyl (C=O) groups excluding carboxylic acids is 3. The van der Waals surface area contributed by atoms with Gasteiger partial charge in [-0.05, 0) is 116 Å². The van der Waals surface area contributed by atoms with Crippen LogP contribution in [0.3, 0.4) is 0 Å². The molecule has 0 heterocycles. The van der Waals surface area contributed by atoms with Crippen molar-refractivity contribution in [1.29, 1.82) is 0 Å². The van der Waals surface area contributed by atoms with Gasteiger partial charge in [0.25, 0.3) is 0 Å². The van der Waals surface area contributed by atoms with Gasteiger partial charge in [0.15, 0.2) is 6.10 Å². The molecule has 75 heavy (non-hydrogen) atoms. The molecule has 0 aromatic carbocycles. The summed E-state index contributed by atoms with van der Waals surface area (Å²) in [7, 11) is 0. The third kappa shape index (κ3) is 60.3. The monoisotopic (exact) mass is 1040 g/mol. The summed E-state index contributed by atoms with van der Waals surface area (Å²) in [4.78, 5) is 38.2. The number of hydrogen-bond donors (Lipinski definition) is 0. The number of hydrogen-bond acceptors (Lipinski definition) is 6. The van der Waals surface area contributed by atoms with Crippen LogP contribution in [0.15, 0.2) is 134 Å². The summed E-state index contributed by atoms with van der Waals surface area (Å²) in [6.45, 7) is 6.31. The van der Waals surface area contributed by atoms with Crippen LogP contribution in [0, 0.1) is 0 Å². The molecule has 6 heteroatoms. The molecule has 0 N–H and O–H groups in total. The Labute approximate surface area is 462 Å². The zero-order valence-electron chi connectivity index (χ0n) is 48.5. The predicted molar refractivity (Wildman–Crippen MR) is 325 cm³/mol. The number of ether oxygens (including phenoxy) is 3. The maximum Gasteiger partial charge on any atom is 0.309 e. The van der Waals surface area contributed by atoms with E-state index in [2.05, 4.69) is 142 Å². The van der Waals surface area contributed by atoms with Crippen LogP contribution in [-0.4, -0.2) is 37.2 Å². The molecule has 6 nitrogen and oxygen atoms in total. The third-order valence-electron chi connectivity index (χ3n) is 12.7. The van der Waals surface area contributed by atoms with E-state index in [0.29, 0.717) is 12.8 Å². The fourth-order valence-corrected chi connectivity index (χ4v) is 8.13. The van der Waals surface area contributed by atoms with Gasteiger partial charge in [0.2, 0.25) is 0 Å². The lowest BCUT2D eigenvalue weighted by Gasteiger charge is -2.18. The molecule has 0 rings (SSSR count). The number of rotatable bonds is 54. The Bertz CT molecular complexity index is 1620. The fourth-order valence-electron chi connectivity index (χ4n) is 8.13. The average Bonchev–Trinajstić information content (AvgIpc) is 3.41. The van der Waals surface area contributed by atoms with Crippen molar-refractivity contribution < 1.29 is 28.6 Å². The number of allylic oxidation sites excluding steroid dienone is 21. The lowest BCUT2D eigenvalue weighted by atomic mass is 10.1. The SMILES string of the molecule is CC/C=C\C/C=C\C/C=C\C/C=C\C/C=C\CC(=O)OCC(COC(=O)CCCCCCCCCCCC/C=C\C/C=C\C/C=C\CCCCCCC)OC(=O)CCCCCCCCC/C=C\C/C=C\C/C=C\CC. The van der Waals surface area contributed by atoms with Crippen LogP contribution in [0.25, 0.3) is 0 Å². The van der Waals surface area contributed by atoms with E-state index in [1.165, 1.54) is 109 Å². The normalized spacial score (nSPS) is 13.1. The van der Waals surface area contributed by atoms with E-state index in [1.807, 2.05) is 6.08 Å². The summed E-state index contributed by atoms with van der Waals surface area (Å²) >= 11 is 0. The van der Waals surface area contributed by atoms with Crippen LogP contribution in [0.4, 0.5) is 0 Å². The van der Waals surface area contributed by atoms with Crippen LogP contribution in [0.1, 0.15) is 265 Å². The van der Waals surface area contributed by atoms with Crippen molar-refractivity contribution in [2.75, 3.05) is 13.2 Å². The van der Waals surface area contributed by atoms with Crippen molar-refractivity contribution >= 4 is 17.9 Å². The molecule has 0 saturated heterocycles. The van der Waals surface area contributed by atoms with Crippen molar-refractivity contribution in [2.24, 2.45) is 0 Å². The third-order valence-corrected chi connectivity index (χ3v) is 12.7. The lowest BCUT2D eigenvalue weighted by molar-refractivity contribution is -0.166. The molecule has 0 radical (unpaired) electrons. The molecule has 0 saturated carbocycles. The van der Waals surface area contributed by atoms with Crippen LogP contribution in [0.2, 0.25) is 0 Å². The van der Waals surface area contributed by atoms with E-state index in [9.17, 15) is 14.4 Å². The number of esters is 3. The maximum absolute atomic E-state index is 12.9. The number of unbranched alkanes of at least 4 members (excludes halogenated alkanes) is 22. The first-order chi connectivity index (χ1) is 37.0. The van der Waals surface area contributed by atoms with Crippen molar-refractivity contribution in [3.8, 4) is 0 Å². The molecule has 0 amide bonds. The molecular weight excluding hydrogens is 925 g/mol. The summed E-state index contributed by atoms with van der Waals surface area (Å²) in [6, 6.07) is 0. The van der Waals surface area contributed by atoms with Gasteiger partial charge in [-0.2, -0.15) is 0 Å². The highest BCUT2D eigenvalue weighted by molar-refractivity contribution is 5.72. The molecule has 0 bridgehead atoms. The van der Waals surface area contributed by atoms with E-state index < -0.39 is 12.1 Å². The molecule has 0 aromatic rings. The Morgan fingerprint density at radius 3 is 0.933 bits per heavy atom. The Hall–Kier alpha value is -4.45. The smallest absolute Gasteiger partial charge is 0.309 e. The second-order valence-electron chi connectivity index (χ2n) is 19.9. The summed E-state index contributed by atoms with van der Waals surface area (Å²) in [5.74, 6) is -1.07. The van der Waals surface area contributed by atoms with Gasteiger partial charge in [-0.3, -0.25) is 14.4 Å². The Balaban J connectivity index is 4.44. The second-order valence-corrected chi connectivity index (χ2v) is 19.9. The summed E-state index contributed by atoms with van der Waals surface area (Å²) < 4.78 is 16.8. The zero-order valence-corrected chi connectivity index (χ0v) is 48.5. The van der Waals surface area contributed by atoms with Gasteiger partial charge in [0, 0.05) is 12.8 Å². The van der Waals surface area contributed by atoms with Gasteiger partial charge in [-0.15, -0.1) is 0 Å². The first-order valence-electron chi connectivity index (χ1n) is 30.7. The van der Waals surface area contributed by atoms with Gasteiger partial charge in [0.1, 0.15) is 13.2 Å². The molecule has 0 spiro atoms. The molecule has 0 aromatic heterocycles. The average molecular weight is 1040 g/mol. The van der Waals surface area contributed by atoms with Crippen LogP contribution in [0.5, 0.6) is 0 Å². The molecule has 1 atom stereocenters. The quantitative estimate of drug-likeness (QED) is 0.0261. The van der Waals surface area contributed by atoms with Crippen molar-refractivity contribution in [3.05, 3.63) is 134 Å². The molecule has 0 aliphatic heterocycles. The van der Waals surface area contributed by atoms with E-state index in [0.717, 1.165) is 116 Å². The van der Waals surface area contributed by atoms with Gasteiger partial charge >= 0.3 is 17.9 Å². The Kier molecular flexibility index (Phi) is 58.4. The fraction of sp³-hybridized carbons (Fsp3) is 0.638. The molecule has 0 aliphatic carbocycles. The highest BCUT2D eigenvalue weighted by atomic mass is 16.6. The summed E-state index contributed by atoms with van der Waals surface area (Å²) in [5, 5.41) is 0. The van der Waals surface area contributed by atoms with Crippen molar-refractivity contribution in [2.45, 2.75) is 271 Å². The molecule has 1 unspecified atom stereocenters. The van der Waals surface area contributed by atoms with E-state index in [4.69, 9.17) is 14.2 Å². The topological polar surface area (TPSA) is 78.9 Å². The van der Waals surface area contributed by atoms with Gasteiger partial charge in [0.05, 0.1) is 6.42 Å². The molecule has 0 fully saturated rings. The first-order valence-corrected chi connectivity index (χ1v) is 30.7. The summed E-state index contributed by atoms with van der Waals surface area (Å²) in [6.07, 6.45) is 87.6. The minimum Gasteiger partial charge on any atom is -0.462 e. The van der Waals surface area contributed by atoms with Gasteiger partial charge in [-0.25, -0.2) is 0 Å². The molecule has 0 aliphatic rings. The van der Waals surface area contributed by atoms with E-state index >= 15 is 0 Å². The van der Waals surface area contributed by atoms with Crippen LogP contribution < -0.4 is 0 Å². The first kappa shape index (κ1) is 70.5. The molecular formula is C69H112O6. The van der Waals surface area contributed by atoms with Crippen LogP contribution in [-0.2, 0) is 28.6 Å². The van der Waals surface area contributed by atoms with Crippen molar-refractivity contribution in [1.82, 2.24) is 0 Å². The zero-order chi connectivity index (χ0) is 54.3. The maximum atomic E-state index is 12.9. The highest BCUT2D eigenvalue weighted by Crippen LogP contribution is 2.15. The lowest BCUT2D eigenvalue weighted by Crippen LogP contribution is -2.30. The minimum absolute atomic E-state index is 0.118. The Morgan fingerprint density at radius 2 is 0.573 bits per heavy atom. The largest absolute Gasteiger partial charge is 0.462 e. The highest BCUT2D eigenvalue weighted by Gasteiger charge is 2.19. The second kappa shape index (κ2) is 62.1. The van der Waals surface area contributed by atoms with E-state index in [1.54, 1.807) is 6.08 Å². The Morgan fingerprint density at radius 1 is 0.293 bits per heavy atom. The van der Waals surface area contributed by atoms with Gasteiger partial charge in [-0.1, -0.05) is 264 Å². The minimum atomic E-state index is -0.831. The standard InChI is InChI=1S/C69H112O6/c1-4-7-10-13-16-19-22-25-28-30-31-32-33-34-35-36-37-39-41-44-47-50-53-56-59-62-68(71)74-65-66(64-73-67(70)61-58-55-52-49-46-43-40-27-24-21-18-15-12-9-6-3)75-69(72)63-60-57-54-51-48-45-42-38-29-26-23-20-17-14-11-8-5-2/h8-9,11-12,17-18,20-22,25-27,29-31,33-34,40,46,49,55,58,66H,4-7,10,13-16,19,23-24,28,32,35-39,41-45,47-48,50-54,56-57,59-65H2,1-3H3/b11-8-,12-9-,20-17-,21-18-,25-22-,29-26-,31-30-,34-33-,40-27-,49-46-,58-55-. The predicted octanol–water partition coefficient (Wildman–Crippen LogP) is 21.0. The molecule has 424 valence electrons. The number of carbonyl (C=O) groups is 3. The van der Waals surface area contributed by atoms with Crippen LogP contribution >= 0.6 is 0 Å². The van der Waals surface area contributed by atoms with Crippen molar-refractivity contribution in [3.63, 3.8) is 0 Å². The summed E-state index contributed by atoms with van der Waals surface area (Å²) in [5.41, 5.74) is 0. The van der Waals surface area contributed by atoms with E-state index in [-0.39, 0.29) is 31.6 Å². The van der Waals surface area contributed by atoms with Gasteiger partial charge < -0.3 is 14.2 Å².